The number of rotatable bonds is 4. The molecule has 1 N–H and O–H groups in total. The number of nitrogens with one attached hydrogen (secondary N) is 1. The van der Waals surface area contributed by atoms with Crippen molar-refractivity contribution >= 4 is 27.9 Å². The number of methoxy groups -OCH3 is 1. The Hall–Kier alpha value is -1.60. The first kappa shape index (κ1) is 13.4. The maximum atomic E-state index is 11.7. The summed E-state index contributed by atoms with van der Waals surface area (Å²) in [6, 6.07) is 1.77. The molecule has 1 atom stereocenters. The van der Waals surface area contributed by atoms with Crippen LogP contribution >= 0.6 is 0 Å². The van der Waals surface area contributed by atoms with Gasteiger partial charge in [-0.3, -0.25) is 0 Å². The van der Waals surface area contributed by atoms with Crippen LogP contribution in [0.15, 0.2) is 17.4 Å². The highest BCUT2D eigenvalue weighted by Crippen LogP contribution is 2.40. The number of anilines is 1. The molecule has 2 aromatic rings. The minimum atomic E-state index is -1.24. The summed E-state index contributed by atoms with van der Waals surface area (Å²) in [7, 11) is 1.57. The Balaban J connectivity index is 2.21. The third kappa shape index (κ3) is 2.38. The van der Waals surface area contributed by atoms with Gasteiger partial charge in [0.2, 0.25) is 5.88 Å². The predicted octanol–water partition coefficient (Wildman–Crippen LogP) is 1.74. The lowest BCUT2D eigenvalue weighted by Crippen LogP contribution is -2.19. The van der Waals surface area contributed by atoms with Crippen LogP contribution in [0.25, 0.3) is 10.9 Å². The van der Waals surface area contributed by atoms with E-state index in [2.05, 4.69) is 27.2 Å². The van der Waals surface area contributed by atoms with Crippen LogP contribution in [0, 0.1) is 0 Å². The van der Waals surface area contributed by atoms with Crippen molar-refractivity contribution < 1.29 is 9.29 Å². The fraction of sp³-hybridized carbons (Fsp3) is 0.462. The van der Waals surface area contributed by atoms with Gasteiger partial charge in [0.25, 0.3) is 0 Å². The Kier molecular flexibility index (Phi) is 3.18. The molecule has 0 spiro atoms. The molecule has 0 aliphatic heterocycles. The second kappa shape index (κ2) is 4.75. The van der Waals surface area contributed by atoms with E-state index in [1.165, 1.54) is 0 Å². The summed E-state index contributed by atoms with van der Waals surface area (Å²) in [5, 5.41) is 4.45. The Morgan fingerprint density at radius 3 is 2.75 bits per heavy atom. The summed E-state index contributed by atoms with van der Waals surface area (Å²) in [5.41, 5.74) is 0.734. The van der Waals surface area contributed by atoms with Crippen molar-refractivity contribution in [2.45, 2.75) is 30.5 Å². The largest absolute Gasteiger partial charge is 0.609 e. The normalized spacial score (nSPS) is 17.8. The van der Waals surface area contributed by atoms with Crippen LogP contribution in [-0.2, 0) is 11.2 Å². The molecule has 6 nitrogen and oxygen atoms in total. The lowest BCUT2D eigenvalue weighted by molar-refractivity contribution is 0.403. The maximum absolute atomic E-state index is 11.7. The zero-order valence-corrected chi connectivity index (χ0v) is 12.5. The number of nitrogens with zero attached hydrogens (tertiary/aromatic N) is 3. The van der Waals surface area contributed by atoms with Gasteiger partial charge < -0.3 is 14.6 Å². The molecule has 1 saturated carbocycles. The van der Waals surface area contributed by atoms with Crippen molar-refractivity contribution in [1.82, 2.24) is 15.0 Å². The van der Waals surface area contributed by atoms with Gasteiger partial charge in [0, 0.05) is 22.9 Å². The summed E-state index contributed by atoms with van der Waals surface area (Å²) in [6.45, 7) is 2.13. The van der Waals surface area contributed by atoms with E-state index >= 15 is 0 Å². The van der Waals surface area contributed by atoms with E-state index in [9.17, 15) is 4.55 Å². The fourth-order valence-corrected chi connectivity index (χ4v) is 2.45. The van der Waals surface area contributed by atoms with Gasteiger partial charge in [-0.1, -0.05) is 0 Å². The number of hydrogen-bond donors (Lipinski definition) is 1. The monoisotopic (exact) mass is 292 g/mol. The molecule has 20 heavy (non-hydrogen) atoms. The topological polar surface area (TPSA) is 83.0 Å². The number of ether oxygens (including phenoxy) is 1. The van der Waals surface area contributed by atoms with E-state index in [0.717, 1.165) is 18.2 Å². The second-order valence-electron chi connectivity index (χ2n) is 5.21. The molecule has 1 fully saturated rings. The molecule has 1 aliphatic carbocycles. The first-order chi connectivity index (χ1) is 9.52. The Morgan fingerprint density at radius 1 is 1.40 bits per heavy atom. The average molecular weight is 292 g/mol. The molecular weight excluding hydrogens is 276 g/mol. The van der Waals surface area contributed by atoms with Crippen molar-refractivity contribution in [2.24, 2.45) is 0 Å². The Labute approximate surface area is 120 Å². The molecule has 106 valence electrons. The van der Waals surface area contributed by atoms with E-state index < -0.39 is 11.2 Å². The van der Waals surface area contributed by atoms with Gasteiger partial charge in [0.05, 0.1) is 12.6 Å². The molecule has 0 amide bonds. The molecule has 1 aliphatic rings. The number of fused-ring (bicyclic) bond motifs is 1. The Morgan fingerprint density at radius 2 is 2.15 bits per heavy atom. The van der Waals surface area contributed by atoms with Gasteiger partial charge in [0.15, 0.2) is 0 Å². The van der Waals surface area contributed by atoms with Gasteiger partial charge in [-0.05, 0) is 25.8 Å². The fourth-order valence-electron chi connectivity index (χ4n) is 2.00. The predicted molar refractivity (Wildman–Crippen MR) is 77.5 cm³/mol. The highest BCUT2D eigenvalue weighted by Gasteiger charge is 2.38. The first-order valence-electron chi connectivity index (χ1n) is 6.35. The van der Waals surface area contributed by atoms with Crippen LogP contribution in [-0.4, -0.2) is 38.4 Å². The maximum Gasteiger partial charge on any atom is 0.344 e. The van der Waals surface area contributed by atoms with Crippen molar-refractivity contribution in [3.63, 3.8) is 0 Å². The third-order valence-electron chi connectivity index (χ3n) is 3.43. The minimum Gasteiger partial charge on any atom is -0.609 e. The van der Waals surface area contributed by atoms with E-state index in [1.54, 1.807) is 25.6 Å². The van der Waals surface area contributed by atoms with Crippen molar-refractivity contribution in [3.05, 3.63) is 12.3 Å². The summed E-state index contributed by atoms with van der Waals surface area (Å²) in [4.78, 5) is 12.9. The van der Waals surface area contributed by atoms with Crippen LogP contribution in [0.5, 0.6) is 5.88 Å². The zero-order chi connectivity index (χ0) is 14.3. The van der Waals surface area contributed by atoms with Crippen molar-refractivity contribution in [1.29, 1.82) is 0 Å². The molecule has 7 heteroatoms. The van der Waals surface area contributed by atoms with Crippen molar-refractivity contribution in [2.75, 3.05) is 18.7 Å². The summed E-state index contributed by atoms with van der Waals surface area (Å²) >= 11 is -1.24. The molecule has 0 radical (unpaired) electrons. The van der Waals surface area contributed by atoms with E-state index in [0.29, 0.717) is 22.4 Å². The summed E-state index contributed by atoms with van der Waals surface area (Å²) in [5.74, 6) is 1.12. The number of pyridine rings is 1. The van der Waals surface area contributed by atoms with Gasteiger partial charge in [-0.2, -0.15) is 9.97 Å². The molecule has 0 aromatic carbocycles. The van der Waals surface area contributed by atoms with E-state index in [1.807, 2.05) is 0 Å². The van der Waals surface area contributed by atoms with Crippen LogP contribution in [0.3, 0.4) is 0 Å². The first-order valence-corrected chi connectivity index (χ1v) is 7.90. The van der Waals surface area contributed by atoms with Crippen molar-refractivity contribution in [3.8, 4) is 5.88 Å². The van der Waals surface area contributed by atoms with Crippen LogP contribution < -0.4 is 10.1 Å². The number of aromatic nitrogens is 3. The van der Waals surface area contributed by atoms with Gasteiger partial charge in [-0.15, -0.1) is 0 Å². The molecule has 2 heterocycles. The lowest BCUT2D eigenvalue weighted by Gasteiger charge is -2.16. The van der Waals surface area contributed by atoms with Gasteiger partial charge in [-0.25, -0.2) is 4.98 Å². The minimum absolute atomic E-state index is 0.0502. The quantitative estimate of drug-likeness (QED) is 0.682. The van der Waals surface area contributed by atoms with Crippen LogP contribution in [0.2, 0.25) is 0 Å². The average Bonchev–Trinajstić information content (AvgIpc) is 3.15. The third-order valence-corrected chi connectivity index (χ3v) is 4.12. The molecule has 3 rings (SSSR count). The van der Waals surface area contributed by atoms with Gasteiger partial charge >= 0.3 is 5.16 Å². The highest BCUT2D eigenvalue weighted by atomic mass is 32.2. The molecule has 1 unspecified atom stereocenters. The Bertz CT molecular complexity index is 658. The molecule has 0 saturated heterocycles. The van der Waals surface area contributed by atoms with E-state index in [4.69, 9.17) is 4.74 Å². The molecule has 0 bridgehead atoms. The standard InChI is InChI=1S/C13H16N4O2S/c1-13(5-6-13)17-10-9-8(4-7-14-11(9)19-2)15-12(16-10)20(3)18/h4,7H,5-6H2,1-3H3,(H,15,16,17). The lowest BCUT2D eigenvalue weighted by atomic mass is 10.2. The van der Waals surface area contributed by atoms with Crippen LogP contribution in [0.1, 0.15) is 19.8 Å². The van der Waals surface area contributed by atoms with Crippen LogP contribution in [0.4, 0.5) is 5.82 Å². The molecule has 2 aromatic heterocycles. The zero-order valence-electron chi connectivity index (χ0n) is 11.6. The SMILES string of the molecule is COc1nccc2nc([S+](C)[O-])nc(NC3(C)CC3)c12. The summed E-state index contributed by atoms with van der Waals surface area (Å²) in [6.07, 6.45) is 5.37. The smallest absolute Gasteiger partial charge is 0.344 e. The number of hydrogen-bond acceptors (Lipinski definition) is 6. The highest BCUT2D eigenvalue weighted by molar-refractivity contribution is 7.90. The summed E-state index contributed by atoms with van der Waals surface area (Å²) < 4.78 is 17.0. The van der Waals surface area contributed by atoms with Gasteiger partial charge in [0.1, 0.15) is 17.5 Å². The van der Waals surface area contributed by atoms with E-state index in [-0.39, 0.29) is 5.54 Å². The second-order valence-corrected chi connectivity index (χ2v) is 6.48. The molecular formula is C13H16N4O2S.